The molecule has 0 saturated carbocycles. The molecular weight excluding hydrogens is 413 g/mol. The topological polar surface area (TPSA) is 90.2 Å². The normalized spacial score (nSPS) is 19.8. The summed E-state index contributed by atoms with van der Waals surface area (Å²) in [5, 5.41) is 2.98. The molecule has 0 radical (unpaired) electrons. The molecule has 1 N–H and O–H groups in total. The Morgan fingerprint density at radius 3 is 1.38 bits per heavy atom. The van der Waals surface area contributed by atoms with E-state index in [2.05, 4.69) is 5.32 Å². The number of Topliss-reactive ketones (excluding diaryl/α,β-unsaturated/α-hetero) is 4. The highest BCUT2D eigenvalue weighted by Crippen LogP contribution is 2.40. The quantitative estimate of drug-likeness (QED) is 0.270. The van der Waals surface area contributed by atoms with Crippen molar-refractivity contribution in [1.82, 2.24) is 5.32 Å². The maximum absolute atomic E-state index is 13.2. The third-order valence-corrected chi connectivity index (χ3v) is 5.69. The number of ketones is 4. The van der Waals surface area contributed by atoms with Crippen molar-refractivity contribution in [2.24, 2.45) is 11.8 Å². The molecule has 2 aromatic carbocycles. The molecule has 1 fully saturated rings. The Morgan fingerprint density at radius 1 is 0.759 bits per heavy atom. The van der Waals surface area contributed by atoms with Gasteiger partial charge in [0.2, 0.25) is 0 Å². The Hall–Kier alpha value is -2.34. The van der Waals surface area contributed by atoms with Gasteiger partial charge in [0.15, 0.2) is 23.1 Å². The number of carbonyl (C=O) groups excluding carboxylic acids is 4. The summed E-state index contributed by atoms with van der Waals surface area (Å²) in [5.41, 5.74) is -0.709. The zero-order valence-electron chi connectivity index (χ0n) is 15.4. The number of nitrogens with one attached hydrogen (secondary N) is 1. The van der Waals surface area contributed by atoms with Gasteiger partial charge in [-0.2, -0.15) is 0 Å². The van der Waals surface area contributed by atoms with E-state index in [-0.39, 0.29) is 6.54 Å². The third-order valence-electron chi connectivity index (χ3n) is 5.16. The Labute approximate surface area is 178 Å². The van der Waals surface area contributed by atoms with Crippen LogP contribution >= 0.6 is 23.2 Å². The lowest BCUT2D eigenvalue weighted by atomic mass is 9.71. The van der Waals surface area contributed by atoms with Gasteiger partial charge >= 0.3 is 0 Å². The van der Waals surface area contributed by atoms with E-state index in [1.807, 2.05) is 0 Å². The van der Waals surface area contributed by atoms with E-state index in [4.69, 9.17) is 23.2 Å². The van der Waals surface area contributed by atoms with E-state index in [1.54, 1.807) is 60.7 Å². The smallest absolute Gasteiger partial charge is 0.175 e. The second-order valence-corrected chi connectivity index (χ2v) is 7.45. The first-order chi connectivity index (χ1) is 14.0. The molecule has 0 amide bonds. The van der Waals surface area contributed by atoms with Crippen molar-refractivity contribution in [3.05, 3.63) is 71.8 Å². The first-order valence-corrected chi connectivity index (χ1v) is 10.1. The molecule has 0 aromatic heterocycles. The van der Waals surface area contributed by atoms with Crippen LogP contribution in [0.2, 0.25) is 0 Å². The molecule has 1 aliphatic heterocycles. The molecule has 2 atom stereocenters. The highest BCUT2D eigenvalue weighted by molar-refractivity contribution is 6.33. The fraction of sp³-hybridized carbons (Fsp3) is 0.273. The number of rotatable bonds is 10. The van der Waals surface area contributed by atoms with E-state index in [0.717, 1.165) is 0 Å². The predicted molar refractivity (Wildman–Crippen MR) is 111 cm³/mol. The number of benzene rings is 2. The van der Waals surface area contributed by atoms with Gasteiger partial charge in [0.05, 0.1) is 17.3 Å². The van der Waals surface area contributed by atoms with Crippen LogP contribution < -0.4 is 5.32 Å². The van der Waals surface area contributed by atoms with Gasteiger partial charge in [-0.25, -0.2) is 0 Å². The molecule has 3 rings (SSSR count). The van der Waals surface area contributed by atoms with Gasteiger partial charge in [0.25, 0.3) is 0 Å². The zero-order valence-corrected chi connectivity index (χ0v) is 17.0. The predicted octanol–water partition coefficient (Wildman–Crippen LogP) is 2.94. The molecule has 1 saturated heterocycles. The van der Waals surface area contributed by atoms with E-state index in [0.29, 0.717) is 11.1 Å². The average Bonchev–Trinajstić information content (AvgIpc) is 3.55. The van der Waals surface area contributed by atoms with Crippen molar-refractivity contribution < 1.29 is 19.2 Å². The van der Waals surface area contributed by atoms with Crippen molar-refractivity contribution in [2.75, 3.05) is 18.3 Å². The lowest BCUT2D eigenvalue weighted by molar-refractivity contribution is -0.122. The lowest BCUT2D eigenvalue weighted by Gasteiger charge is -2.29. The highest BCUT2D eigenvalue weighted by atomic mass is 35.5. The summed E-state index contributed by atoms with van der Waals surface area (Å²) >= 11 is 11.6. The van der Waals surface area contributed by atoms with Crippen LogP contribution in [-0.2, 0) is 9.59 Å². The van der Waals surface area contributed by atoms with Crippen LogP contribution in [0.4, 0.5) is 0 Å². The minimum Gasteiger partial charge on any atom is -0.306 e. The molecule has 2 unspecified atom stereocenters. The average molecular weight is 432 g/mol. The SMILES string of the molecule is O=C(CCl)C(C(=O)c1ccccc1)C1(C(C(=O)CCl)C(=O)c2ccccc2)CN1. The molecule has 0 aliphatic carbocycles. The van der Waals surface area contributed by atoms with Crippen molar-refractivity contribution >= 4 is 46.3 Å². The molecule has 150 valence electrons. The Bertz CT molecular complexity index is 853. The van der Waals surface area contributed by atoms with Crippen LogP contribution in [0.1, 0.15) is 20.7 Å². The maximum atomic E-state index is 13.2. The van der Waals surface area contributed by atoms with Crippen LogP contribution in [-0.4, -0.2) is 47.0 Å². The summed E-state index contributed by atoms with van der Waals surface area (Å²) < 4.78 is 0. The van der Waals surface area contributed by atoms with Crippen molar-refractivity contribution in [2.45, 2.75) is 5.54 Å². The standard InChI is InChI=1S/C22H19Cl2NO4/c23-11-16(26)18(20(28)14-7-3-1-4-8-14)22(13-25-22)19(17(27)12-24)21(29)15-9-5-2-6-10-15/h1-10,18-19,25H,11-13H2. The van der Waals surface area contributed by atoms with E-state index in [1.165, 1.54) is 0 Å². The van der Waals surface area contributed by atoms with Crippen LogP contribution in [0.3, 0.4) is 0 Å². The van der Waals surface area contributed by atoms with Crippen LogP contribution in [0.15, 0.2) is 60.7 Å². The number of halogens is 2. The zero-order chi connectivity index (χ0) is 21.0. The minimum atomic E-state index is -1.34. The van der Waals surface area contributed by atoms with Gasteiger partial charge in [-0.3, -0.25) is 19.2 Å². The minimum absolute atomic E-state index is 0.157. The van der Waals surface area contributed by atoms with Crippen molar-refractivity contribution in [1.29, 1.82) is 0 Å². The summed E-state index contributed by atoms with van der Waals surface area (Å²) in [5.74, 6) is -5.40. The molecule has 7 heteroatoms. The summed E-state index contributed by atoms with van der Waals surface area (Å²) in [6, 6.07) is 16.6. The molecule has 1 aliphatic rings. The maximum Gasteiger partial charge on any atom is 0.175 e. The Morgan fingerprint density at radius 2 is 1.10 bits per heavy atom. The van der Waals surface area contributed by atoms with Crippen molar-refractivity contribution in [3.63, 3.8) is 0 Å². The van der Waals surface area contributed by atoms with Crippen LogP contribution in [0.25, 0.3) is 0 Å². The molecular formula is C22H19Cl2NO4. The Kier molecular flexibility index (Phi) is 6.63. The van der Waals surface area contributed by atoms with Gasteiger partial charge < -0.3 is 5.32 Å². The number of hydrogen-bond acceptors (Lipinski definition) is 5. The van der Waals surface area contributed by atoms with Crippen molar-refractivity contribution in [3.8, 4) is 0 Å². The van der Waals surface area contributed by atoms with Crippen LogP contribution in [0, 0.1) is 11.8 Å². The Balaban J connectivity index is 2.07. The lowest BCUT2D eigenvalue weighted by Crippen LogP contribution is -2.51. The largest absolute Gasteiger partial charge is 0.306 e. The molecule has 2 aromatic rings. The van der Waals surface area contributed by atoms with Crippen LogP contribution in [0.5, 0.6) is 0 Å². The summed E-state index contributed by atoms with van der Waals surface area (Å²) in [6.45, 7) is 0.157. The first-order valence-electron chi connectivity index (χ1n) is 9.07. The second kappa shape index (κ2) is 8.99. The monoisotopic (exact) mass is 431 g/mol. The summed E-state index contributed by atoms with van der Waals surface area (Å²) in [6.07, 6.45) is 0. The van der Waals surface area contributed by atoms with Gasteiger partial charge in [0.1, 0.15) is 11.8 Å². The molecule has 29 heavy (non-hydrogen) atoms. The molecule has 0 bridgehead atoms. The van der Waals surface area contributed by atoms with E-state index in [9.17, 15) is 19.2 Å². The molecule has 0 spiro atoms. The van der Waals surface area contributed by atoms with Gasteiger partial charge in [-0.15, -0.1) is 23.2 Å². The third kappa shape index (κ3) is 4.17. The second-order valence-electron chi connectivity index (χ2n) is 6.92. The van der Waals surface area contributed by atoms with E-state index < -0.39 is 52.3 Å². The number of hydrogen-bond donors (Lipinski definition) is 1. The first kappa shape index (κ1) is 21.4. The van der Waals surface area contributed by atoms with Gasteiger partial charge in [-0.1, -0.05) is 60.7 Å². The fourth-order valence-electron chi connectivity index (χ4n) is 3.70. The summed E-state index contributed by atoms with van der Waals surface area (Å²) in [4.78, 5) is 51.9. The highest BCUT2D eigenvalue weighted by Gasteiger charge is 2.63. The summed E-state index contributed by atoms with van der Waals surface area (Å²) in [7, 11) is 0. The molecule has 1 heterocycles. The fourth-order valence-corrected chi connectivity index (χ4v) is 4.01. The van der Waals surface area contributed by atoms with Gasteiger partial charge in [0, 0.05) is 17.7 Å². The van der Waals surface area contributed by atoms with E-state index >= 15 is 0 Å². The molecule has 5 nitrogen and oxygen atoms in total. The van der Waals surface area contributed by atoms with Gasteiger partial charge in [-0.05, 0) is 0 Å². The number of alkyl halides is 2. The number of carbonyl (C=O) groups is 4.